The monoisotopic (exact) mass is 274 g/mol. The molecule has 98 valence electrons. The Hall–Kier alpha value is -0.180. The zero-order chi connectivity index (χ0) is 13.0. The first-order valence-corrected chi connectivity index (χ1v) is 8.21. The summed E-state index contributed by atoms with van der Waals surface area (Å²) in [7, 11) is -8.25. The lowest BCUT2D eigenvalue weighted by Crippen LogP contribution is -2.28. The zero-order valence-electron chi connectivity index (χ0n) is 9.33. The van der Waals surface area contributed by atoms with Crippen LogP contribution in [-0.4, -0.2) is 37.4 Å². The van der Waals surface area contributed by atoms with E-state index in [1.807, 2.05) is 0 Å². The Morgan fingerprint density at radius 1 is 0.812 bits per heavy atom. The first kappa shape index (κ1) is 15.8. The fraction of sp³-hybridized carbons (Fsp3) is 1.00. The van der Waals surface area contributed by atoms with Crippen LogP contribution in [0.15, 0.2) is 0 Å². The molecule has 0 fully saturated rings. The molecule has 0 aromatic heterocycles. The molecule has 0 aliphatic heterocycles. The van der Waals surface area contributed by atoms with Crippen molar-refractivity contribution >= 4 is 20.2 Å². The van der Waals surface area contributed by atoms with E-state index >= 15 is 0 Å². The van der Waals surface area contributed by atoms with Gasteiger partial charge in [-0.25, -0.2) is 0 Å². The minimum Gasteiger partial charge on any atom is -0.286 e. The highest BCUT2D eigenvalue weighted by atomic mass is 32.2. The summed E-state index contributed by atoms with van der Waals surface area (Å²) in [5.41, 5.74) is 0. The van der Waals surface area contributed by atoms with Crippen molar-refractivity contribution in [1.82, 2.24) is 0 Å². The molecule has 2 unspecified atom stereocenters. The molecule has 0 aromatic rings. The summed E-state index contributed by atoms with van der Waals surface area (Å²) in [6.07, 6.45) is 0.849. The average Bonchev–Trinajstić information content (AvgIpc) is 2.07. The third-order valence-corrected chi connectivity index (χ3v) is 4.26. The highest BCUT2D eigenvalue weighted by Gasteiger charge is 2.27. The van der Waals surface area contributed by atoms with Gasteiger partial charge in [-0.05, 0) is 11.8 Å². The molecular formula is C8H18O6S2. The summed E-state index contributed by atoms with van der Waals surface area (Å²) < 4.78 is 60.4. The van der Waals surface area contributed by atoms with Gasteiger partial charge < -0.3 is 0 Å². The smallest absolute Gasteiger partial charge is 0.265 e. The molecule has 16 heavy (non-hydrogen) atoms. The Bertz CT molecular complexity index is 356. The summed E-state index contributed by atoms with van der Waals surface area (Å²) in [6, 6.07) is 0. The molecule has 0 bridgehead atoms. The van der Waals surface area contributed by atoms with Gasteiger partial charge >= 0.3 is 0 Å². The van der Waals surface area contributed by atoms with E-state index in [2.05, 4.69) is 0 Å². The van der Waals surface area contributed by atoms with Crippen molar-refractivity contribution in [2.45, 2.75) is 26.7 Å². The van der Waals surface area contributed by atoms with Crippen LogP contribution in [-0.2, 0) is 20.2 Å². The van der Waals surface area contributed by atoms with Gasteiger partial charge in [0, 0.05) is 0 Å². The molecule has 0 amide bonds. The van der Waals surface area contributed by atoms with Gasteiger partial charge in [-0.1, -0.05) is 26.7 Å². The lowest BCUT2D eigenvalue weighted by Gasteiger charge is -2.22. The van der Waals surface area contributed by atoms with Crippen LogP contribution in [0.25, 0.3) is 0 Å². The number of rotatable bonds is 7. The van der Waals surface area contributed by atoms with E-state index in [0.717, 1.165) is 0 Å². The Kier molecular flexibility index (Phi) is 5.88. The van der Waals surface area contributed by atoms with E-state index in [0.29, 0.717) is 12.8 Å². The minimum absolute atomic E-state index is 0.424. The molecule has 0 aromatic carbocycles. The van der Waals surface area contributed by atoms with Crippen molar-refractivity contribution in [2.75, 3.05) is 11.5 Å². The second-order valence-electron chi connectivity index (χ2n) is 3.83. The van der Waals surface area contributed by atoms with Crippen molar-refractivity contribution in [3.05, 3.63) is 0 Å². The Labute approximate surface area is 96.6 Å². The average molecular weight is 274 g/mol. The lowest BCUT2D eigenvalue weighted by molar-refractivity contribution is 0.348. The summed E-state index contributed by atoms with van der Waals surface area (Å²) in [4.78, 5) is 0. The molecule has 2 atom stereocenters. The van der Waals surface area contributed by atoms with Crippen LogP contribution in [0.1, 0.15) is 26.7 Å². The van der Waals surface area contributed by atoms with Crippen molar-refractivity contribution in [1.29, 1.82) is 0 Å². The first-order valence-electron chi connectivity index (χ1n) is 4.99. The second kappa shape index (κ2) is 5.95. The maximum absolute atomic E-state index is 10.7. The maximum Gasteiger partial charge on any atom is 0.265 e. The van der Waals surface area contributed by atoms with Crippen molar-refractivity contribution in [3.8, 4) is 0 Å². The molecule has 0 rings (SSSR count). The molecule has 0 aliphatic rings. The van der Waals surface area contributed by atoms with Gasteiger partial charge in [-0.2, -0.15) is 16.8 Å². The number of hydrogen-bond donors (Lipinski definition) is 2. The van der Waals surface area contributed by atoms with Crippen molar-refractivity contribution < 1.29 is 25.9 Å². The van der Waals surface area contributed by atoms with E-state index in [9.17, 15) is 16.8 Å². The van der Waals surface area contributed by atoms with E-state index in [4.69, 9.17) is 9.11 Å². The minimum atomic E-state index is -4.12. The van der Waals surface area contributed by atoms with E-state index in [-0.39, 0.29) is 0 Å². The van der Waals surface area contributed by atoms with Crippen LogP contribution in [0.3, 0.4) is 0 Å². The Morgan fingerprint density at radius 2 is 1.06 bits per heavy atom. The van der Waals surface area contributed by atoms with Gasteiger partial charge in [-0.15, -0.1) is 0 Å². The fourth-order valence-corrected chi connectivity index (χ4v) is 3.81. The van der Waals surface area contributed by atoms with Crippen LogP contribution >= 0.6 is 0 Å². The second-order valence-corrected chi connectivity index (χ2v) is 6.83. The molecular weight excluding hydrogens is 256 g/mol. The summed E-state index contributed by atoms with van der Waals surface area (Å²) >= 11 is 0. The molecule has 6 nitrogen and oxygen atoms in total. The molecule has 0 radical (unpaired) electrons. The molecule has 0 saturated carbocycles. The Morgan fingerprint density at radius 3 is 1.19 bits per heavy atom. The van der Waals surface area contributed by atoms with E-state index in [1.54, 1.807) is 13.8 Å². The van der Waals surface area contributed by atoms with Crippen LogP contribution in [0.5, 0.6) is 0 Å². The number of hydrogen-bond acceptors (Lipinski definition) is 4. The summed E-state index contributed by atoms with van der Waals surface area (Å²) in [5, 5.41) is 0. The van der Waals surface area contributed by atoms with E-state index in [1.165, 1.54) is 0 Å². The molecule has 0 spiro atoms. The van der Waals surface area contributed by atoms with Crippen LogP contribution in [0.4, 0.5) is 0 Å². The molecule has 8 heteroatoms. The SMILES string of the molecule is CCC(CS(=O)(=O)O)C(CC)CS(=O)(=O)O. The van der Waals surface area contributed by atoms with Gasteiger partial charge in [0.15, 0.2) is 0 Å². The van der Waals surface area contributed by atoms with Gasteiger partial charge in [-0.3, -0.25) is 9.11 Å². The maximum atomic E-state index is 10.7. The van der Waals surface area contributed by atoms with Gasteiger partial charge in [0.2, 0.25) is 0 Å². The summed E-state index contributed by atoms with van der Waals surface area (Å²) in [5.74, 6) is -1.89. The van der Waals surface area contributed by atoms with Crippen LogP contribution < -0.4 is 0 Å². The van der Waals surface area contributed by atoms with E-state index < -0.39 is 43.6 Å². The van der Waals surface area contributed by atoms with Crippen molar-refractivity contribution in [2.24, 2.45) is 11.8 Å². The van der Waals surface area contributed by atoms with Gasteiger partial charge in [0.1, 0.15) is 0 Å². The Balaban J connectivity index is 4.77. The summed E-state index contributed by atoms with van der Waals surface area (Å²) in [6.45, 7) is 3.42. The predicted molar refractivity (Wildman–Crippen MR) is 60.4 cm³/mol. The predicted octanol–water partition coefficient (Wildman–Crippen LogP) is 0.814. The molecule has 0 saturated heterocycles. The fourth-order valence-electron chi connectivity index (χ4n) is 1.72. The zero-order valence-corrected chi connectivity index (χ0v) is 11.0. The first-order chi connectivity index (χ1) is 7.09. The van der Waals surface area contributed by atoms with Gasteiger partial charge in [0.05, 0.1) is 11.5 Å². The third-order valence-electron chi connectivity index (χ3n) is 2.56. The lowest BCUT2D eigenvalue weighted by atomic mass is 9.91. The molecule has 2 N–H and O–H groups in total. The standard InChI is InChI=1S/C8H18O6S2/c1-3-7(5-15(9,10)11)8(4-2)6-16(12,13)14/h7-8H,3-6H2,1-2H3,(H,9,10,11)(H,12,13,14). The topological polar surface area (TPSA) is 109 Å². The van der Waals surface area contributed by atoms with Crippen LogP contribution in [0.2, 0.25) is 0 Å². The normalized spacial score (nSPS) is 17.0. The highest BCUT2D eigenvalue weighted by Crippen LogP contribution is 2.22. The highest BCUT2D eigenvalue weighted by molar-refractivity contribution is 7.86. The van der Waals surface area contributed by atoms with Crippen molar-refractivity contribution in [3.63, 3.8) is 0 Å². The van der Waals surface area contributed by atoms with Crippen LogP contribution in [0, 0.1) is 11.8 Å². The third kappa shape index (κ3) is 7.15. The largest absolute Gasteiger partial charge is 0.286 e. The quantitative estimate of drug-likeness (QED) is 0.665. The molecule has 0 aliphatic carbocycles. The van der Waals surface area contributed by atoms with Gasteiger partial charge in [0.25, 0.3) is 20.2 Å². The molecule has 0 heterocycles.